The first kappa shape index (κ1) is 20.5. The van der Waals surface area contributed by atoms with Gasteiger partial charge in [0.2, 0.25) is 0 Å². The molecule has 0 heterocycles. The molecule has 0 saturated carbocycles. The Hall–Kier alpha value is 0.470. The second-order valence-electron chi connectivity index (χ2n) is 7.22. The van der Waals surface area contributed by atoms with Gasteiger partial charge in [0, 0.05) is 0 Å². The van der Waals surface area contributed by atoms with Crippen LogP contribution in [0.25, 0.3) is 0 Å². The SMILES string of the molecule is C[Si](C)(Cc1ccccc1)N[Si](C)(C)Cc1ccccc1.[H-].[K+]. The Kier molecular flexibility index (Phi) is 8.47. The summed E-state index contributed by atoms with van der Waals surface area (Å²) >= 11 is 0. The van der Waals surface area contributed by atoms with E-state index in [1.54, 1.807) is 0 Å². The van der Waals surface area contributed by atoms with Crippen LogP contribution in [0.3, 0.4) is 0 Å². The van der Waals surface area contributed by atoms with E-state index in [0.717, 1.165) is 0 Å². The molecule has 0 aliphatic rings. The Labute approximate surface area is 182 Å². The molecular weight excluding hydrogens is 325 g/mol. The van der Waals surface area contributed by atoms with Gasteiger partial charge in [-0.15, -0.1) is 0 Å². The summed E-state index contributed by atoms with van der Waals surface area (Å²) in [4.78, 5) is 0. The number of benzene rings is 2. The molecule has 0 unspecified atom stereocenters. The molecule has 0 aliphatic carbocycles. The Bertz CT molecular complexity index is 510. The Balaban J connectivity index is 0.00000242. The average molecular weight is 354 g/mol. The maximum Gasteiger partial charge on any atom is 1.00 e. The maximum absolute atomic E-state index is 4.11. The van der Waals surface area contributed by atoms with Crippen LogP contribution in [0.2, 0.25) is 26.2 Å². The summed E-state index contributed by atoms with van der Waals surface area (Å²) in [7, 11) is -2.84. The normalized spacial score (nSPS) is 11.8. The first-order valence-electron chi connectivity index (χ1n) is 7.74. The molecule has 4 heteroatoms. The van der Waals surface area contributed by atoms with E-state index in [2.05, 4.69) is 91.5 Å². The van der Waals surface area contributed by atoms with Crippen LogP contribution in [0.15, 0.2) is 60.7 Å². The van der Waals surface area contributed by atoms with Gasteiger partial charge in [0.1, 0.15) is 16.5 Å². The standard InChI is InChI=1S/C18H27NSi2.K.H/c1-20(2,15-17-11-7-5-8-12-17)19-21(3,4)16-18-13-9-6-10-14-18;;/h5-14,19H,15-16H2,1-4H3;;/q;+1;-1. The molecule has 22 heavy (non-hydrogen) atoms. The third-order valence-corrected chi connectivity index (χ3v) is 11.7. The monoisotopic (exact) mass is 353 g/mol. The third kappa shape index (κ3) is 7.36. The van der Waals surface area contributed by atoms with Crippen molar-refractivity contribution in [2.45, 2.75) is 38.3 Å². The van der Waals surface area contributed by atoms with Gasteiger partial charge in [-0.25, -0.2) is 0 Å². The van der Waals surface area contributed by atoms with Gasteiger partial charge in [-0.3, -0.25) is 0 Å². The second kappa shape index (κ2) is 9.08. The molecule has 1 N–H and O–H groups in total. The van der Waals surface area contributed by atoms with Crippen molar-refractivity contribution in [3.63, 3.8) is 0 Å². The molecule has 0 aromatic heterocycles. The van der Waals surface area contributed by atoms with Crippen molar-refractivity contribution in [3.05, 3.63) is 71.8 Å². The van der Waals surface area contributed by atoms with Crippen molar-refractivity contribution in [1.82, 2.24) is 4.65 Å². The van der Waals surface area contributed by atoms with E-state index in [4.69, 9.17) is 0 Å². The summed E-state index contributed by atoms with van der Waals surface area (Å²) in [6, 6.07) is 24.2. The van der Waals surface area contributed by atoms with Gasteiger partial charge in [-0.05, 0) is 23.2 Å². The Morgan fingerprint density at radius 2 is 1.00 bits per heavy atom. The first-order chi connectivity index (χ1) is 9.86. The summed E-state index contributed by atoms with van der Waals surface area (Å²) in [6.07, 6.45) is 0. The minimum atomic E-state index is -1.42. The van der Waals surface area contributed by atoms with E-state index in [1.165, 1.54) is 23.2 Å². The number of nitrogens with one attached hydrogen (secondary N) is 1. The van der Waals surface area contributed by atoms with Gasteiger partial charge >= 0.3 is 51.4 Å². The summed E-state index contributed by atoms with van der Waals surface area (Å²) in [5.41, 5.74) is 2.93. The van der Waals surface area contributed by atoms with E-state index in [9.17, 15) is 0 Å². The number of hydrogen-bond donors (Lipinski definition) is 1. The van der Waals surface area contributed by atoms with Crippen LogP contribution in [0.4, 0.5) is 0 Å². The quantitative estimate of drug-likeness (QED) is 0.779. The van der Waals surface area contributed by atoms with Gasteiger partial charge in [0.25, 0.3) is 0 Å². The van der Waals surface area contributed by atoms with Crippen LogP contribution in [-0.4, -0.2) is 16.5 Å². The van der Waals surface area contributed by atoms with Crippen LogP contribution in [0, 0.1) is 0 Å². The van der Waals surface area contributed by atoms with E-state index in [0.29, 0.717) is 0 Å². The summed E-state index contributed by atoms with van der Waals surface area (Å²) in [6.45, 7) is 9.83. The molecule has 2 aromatic carbocycles. The largest absolute Gasteiger partial charge is 1.00 e. The molecule has 114 valence electrons. The van der Waals surface area contributed by atoms with Gasteiger partial charge in [0.15, 0.2) is 0 Å². The fourth-order valence-corrected chi connectivity index (χ4v) is 13.8. The fraction of sp³-hybridized carbons (Fsp3) is 0.333. The molecule has 0 spiro atoms. The zero-order valence-corrected chi connectivity index (χ0v) is 19.8. The van der Waals surface area contributed by atoms with E-state index in [-0.39, 0.29) is 52.8 Å². The van der Waals surface area contributed by atoms with Crippen molar-refractivity contribution < 1.29 is 52.8 Å². The molecule has 0 atom stereocenters. The molecule has 0 saturated heterocycles. The molecule has 2 aromatic rings. The van der Waals surface area contributed by atoms with Gasteiger partial charge in [-0.1, -0.05) is 86.9 Å². The van der Waals surface area contributed by atoms with Crippen LogP contribution in [0.5, 0.6) is 0 Å². The molecule has 0 amide bonds. The predicted octanol–water partition coefficient (Wildman–Crippen LogP) is 1.67. The summed E-state index contributed by atoms with van der Waals surface area (Å²) in [5.74, 6) is 0. The van der Waals surface area contributed by atoms with Crippen molar-refractivity contribution in [3.8, 4) is 0 Å². The molecule has 2 rings (SSSR count). The van der Waals surface area contributed by atoms with Crippen LogP contribution >= 0.6 is 0 Å². The minimum absolute atomic E-state index is 0. The van der Waals surface area contributed by atoms with Crippen molar-refractivity contribution in [1.29, 1.82) is 0 Å². The van der Waals surface area contributed by atoms with Crippen molar-refractivity contribution >= 4 is 16.5 Å². The third-order valence-electron chi connectivity index (χ3n) is 3.65. The molecule has 0 aliphatic heterocycles. The van der Waals surface area contributed by atoms with E-state index < -0.39 is 16.5 Å². The number of rotatable bonds is 6. The second-order valence-corrected chi connectivity index (χ2v) is 16.5. The topological polar surface area (TPSA) is 12.0 Å². The van der Waals surface area contributed by atoms with Crippen molar-refractivity contribution in [2.24, 2.45) is 0 Å². The predicted molar refractivity (Wildman–Crippen MR) is 99.5 cm³/mol. The first-order valence-corrected chi connectivity index (χ1v) is 14.1. The summed E-state index contributed by atoms with van der Waals surface area (Å²) in [5, 5.41) is 0. The van der Waals surface area contributed by atoms with Crippen LogP contribution in [0.1, 0.15) is 12.6 Å². The molecule has 0 bridgehead atoms. The molecule has 1 nitrogen and oxygen atoms in total. The van der Waals surface area contributed by atoms with Crippen LogP contribution < -0.4 is 56.0 Å². The maximum atomic E-state index is 4.11. The van der Waals surface area contributed by atoms with Gasteiger partial charge < -0.3 is 6.07 Å². The Morgan fingerprint density at radius 3 is 1.32 bits per heavy atom. The fourth-order valence-electron chi connectivity index (χ4n) is 3.22. The summed E-state index contributed by atoms with van der Waals surface area (Å²) < 4.78 is 4.11. The van der Waals surface area contributed by atoms with Crippen LogP contribution in [-0.2, 0) is 12.1 Å². The molecule has 0 radical (unpaired) electrons. The van der Waals surface area contributed by atoms with E-state index in [1.807, 2.05) is 0 Å². The zero-order chi connectivity index (χ0) is 15.3. The zero-order valence-electron chi connectivity index (χ0n) is 15.7. The number of hydrogen-bond acceptors (Lipinski definition) is 1. The van der Waals surface area contributed by atoms with E-state index >= 15 is 0 Å². The Morgan fingerprint density at radius 1 is 0.682 bits per heavy atom. The van der Waals surface area contributed by atoms with Gasteiger partial charge in [0.05, 0.1) is 0 Å². The smallest absolute Gasteiger partial charge is 1.00 e. The van der Waals surface area contributed by atoms with Crippen molar-refractivity contribution in [2.75, 3.05) is 0 Å². The molecule has 0 fully saturated rings. The minimum Gasteiger partial charge on any atom is -1.00 e. The molecular formula is C18H28KNSi2. The van der Waals surface area contributed by atoms with Gasteiger partial charge in [-0.2, -0.15) is 0 Å². The average Bonchev–Trinajstić information content (AvgIpc) is 2.38.